The number of carbonyl (C=O) groups is 1. The van der Waals surface area contributed by atoms with Crippen molar-refractivity contribution in [2.75, 3.05) is 0 Å². The van der Waals surface area contributed by atoms with E-state index in [0.29, 0.717) is 6.42 Å². The van der Waals surface area contributed by atoms with Gasteiger partial charge in [0.25, 0.3) is 0 Å². The van der Waals surface area contributed by atoms with Crippen LogP contribution in [0.2, 0.25) is 0 Å². The zero-order valence-electron chi connectivity index (χ0n) is 11.3. The molecule has 0 amide bonds. The Morgan fingerprint density at radius 3 is 2.68 bits per heavy atom. The smallest absolute Gasteiger partial charge is 0.307 e. The SMILES string of the molecule is CCCCCCC(CC(=O)O)Oc1ccccc1F. The van der Waals surface area contributed by atoms with Gasteiger partial charge in [0.05, 0.1) is 6.42 Å². The van der Waals surface area contributed by atoms with Gasteiger partial charge < -0.3 is 9.84 Å². The van der Waals surface area contributed by atoms with E-state index in [1.807, 2.05) is 0 Å². The first kappa shape index (κ1) is 15.5. The van der Waals surface area contributed by atoms with Crippen molar-refractivity contribution in [3.63, 3.8) is 0 Å². The molecule has 0 bridgehead atoms. The number of para-hydroxylation sites is 1. The number of benzene rings is 1. The van der Waals surface area contributed by atoms with Crippen LogP contribution in [0.4, 0.5) is 4.39 Å². The largest absolute Gasteiger partial charge is 0.487 e. The molecule has 0 aliphatic rings. The van der Waals surface area contributed by atoms with Crippen molar-refractivity contribution in [1.29, 1.82) is 0 Å². The Kier molecular flexibility index (Phi) is 6.93. The molecule has 4 heteroatoms. The van der Waals surface area contributed by atoms with Crippen molar-refractivity contribution >= 4 is 5.97 Å². The molecule has 1 aromatic carbocycles. The molecular formula is C15H21FO3. The van der Waals surface area contributed by atoms with E-state index in [9.17, 15) is 9.18 Å². The van der Waals surface area contributed by atoms with Gasteiger partial charge >= 0.3 is 5.97 Å². The predicted molar refractivity (Wildman–Crippen MR) is 71.8 cm³/mol. The second-order valence-corrected chi connectivity index (χ2v) is 4.62. The van der Waals surface area contributed by atoms with E-state index in [2.05, 4.69) is 6.92 Å². The van der Waals surface area contributed by atoms with Crippen LogP contribution in [0.25, 0.3) is 0 Å². The number of hydrogen-bond donors (Lipinski definition) is 1. The summed E-state index contributed by atoms with van der Waals surface area (Å²) < 4.78 is 18.9. The first-order valence-electron chi connectivity index (χ1n) is 6.76. The van der Waals surface area contributed by atoms with Crippen LogP contribution >= 0.6 is 0 Å². The number of hydrogen-bond acceptors (Lipinski definition) is 2. The summed E-state index contributed by atoms with van der Waals surface area (Å²) in [6.45, 7) is 2.12. The molecule has 1 atom stereocenters. The molecule has 0 radical (unpaired) electrons. The van der Waals surface area contributed by atoms with Crippen LogP contribution in [-0.2, 0) is 4.79 Å². The lowest BCUT2D eigenvalue weighted by molar-refractivity contribution is -0.138. The Hall–Kier alpha value is -1.58. The molecule has 0 heterocycles. The molecule has 1 aromatic rings. The molecule has 0 saturated heterocycles. The van der Waals surface area contributed by atoms with E-state index < -0.39 is 17.9 Å². The van der Waals surface area contributed by atoms with Crippen molar-refractivity contribution < 1.29 is 19.0 Å². The van der Waals surface area contributed by atoms with Crippen LogP contribution in [0.1, 0.15) is 45.4 Å². The predicted octanol–water partition coefficient (Wildman–Crippen LogP) is 4.02. The summed E-state index contributed by atoms with van der Waals surface area (Å²) >= 11 is 0. The lowest BCUT2D eigenvalue weighted by Gasteiger charge is -2.17. The van der Waals surface area contributed by atoms with E-state index in [1.165, 1.54) is 12.1 Å². The summed E-state index contributed by atoms with van der Waals surface area (Å²) in [6, 6.07) is 6.09. The Morgan fingerprint density at radius 1 is 1.32 bits per heavy atom. The van der Waals surface area contributed by atoms with Crippen LogP contribution < -0.4 is 4.74 Å². The van der Waals surface area contributed by atoms with Crippen LogP contribution in [0, 0.1) is 5.82 Å². The molecule has 1 N–H and O–H groups in total. The van der Waals surface area contributed by atoms with Crippen LogP contribution in [0.15, 0.2) is 24.3 Å². The minimum atomic E-state index is -0.920. The van der Waals surface area contributed by atoms with E-state index in [4.69, 9.17) is 9.84 Å². The Balaban J connectivity index is 2.53. The molecule has 0 aliphatic heterocycles. The van der Waals surface area contributed by atoms with Crippen molar-refractivity contribution in [3.8, 4) is 5.75 Å². The molecule has 19 heavy (non-hydrogen) atoms. The normalized spacial score (nSPS) is 12.1. The molecule has 106 valence electrons. The lowest BCUT2D eigenvalue weighted by atomic mass is 10.1. The highest BCUT2D eigenvalue weighted by molar-refractivity contribution is 5.67. The molecule has 0 aromatic heterocycles. The van der Waals surface area contributed by atoms with Gasteiger partial charge in [-0.05, 0) is 25.0 Å². The highest BCUT2D eigenvalue weighted by Gasteiger charge is 2.16. The number of ether oxygens (including phenoxy) is 1. The number of carboxylic acids is 1. The molecule has 0 spiro atoms. The van der Waals surface area contributed by atoms with E-state index in [0.717, 1.165) is 25.7 Å². The minimum Gasteiger partial charge on any atom is -0.487 e. The summed E-state index contributed by atoms with van der Waals surface area (Å²) in [6.07, 6.45) is 4.28. The Morgan fingerprint density at radius 2 is 2.05 bits per heavy atom. The van der Waals surface area contributed by atoms with Gasteiger partial charge in [-0.25, -0.2) is 4.39 Å². The number of carboxylic acid groups (broad SMARTS) is 1. The third kappa shape index (κ3) is 6.22. The van der Waals surface area contributed by atoms with E-state index in [1.54, 1.807) is 12.1 Å². The van der Waals surface area contributed by atoms with Crippen LogP contribution in [0.3, 0.4) is 0 Å². The van der Waals surface area contributed by atoms with Crippen molar-refractivity contribution in [3.05, 3.63) is 30.1 Å². The quantitative estimate of drug-likeness (QED) is 0.688. The molecule has 1 unspecified atom stereocenters. The maximum atomic E-state index is 13.5. The molecule has 3 nitrogen and oxygen atoms in total. The maximum absolute atomic E-state index is 13.5. The fourth-order valence-electron chi connectivity index (χ4n) is 1.92. The number of aliphatic carboxylic acids is 1. The van der Waals surface area contributed by atoms with E-state index >= 15 is 0 Å². The maximum Gasteiger partial charge on any atom is 0.307 e. The number of unbranched alkanes of at least 4 members (excludes halogenated alkanes) is 3. The fraction of sp³-hybridized carbons (Fsp3) is 0.533. The zero-order chi connectivity index (χ0) is 14.1. The topological polar surface area (TPSA) is 46.5 Å². The van der Waals surface area contributed by atoms with Gasteiger partial charge in [0.1, 0.15) is 6.10 Å². The second kappa shape index (κ2) is 8.51. The van der Waals surface area contributed by atoms with Gasteiger partial charge in [0.15, 0.2) is 11.6 Å². The van der Waals surface area contributed by atoms with E-state index in [-0.39, 0.29) is 12.2 Å². The fourth-order valence-corrected chi connectivity index (χ4v) is 1.92. The van der Waals surface area contributed by atoms with Gasteiger partial charge in [-0.2, -0.15) is 0 Å². The summed E-state index contributed by atoms with van der Waals surface area (Å²) in [5.74, 6) is -1.24. The highest BCUT2D eigenvalue weighted by Crippen LogP contribution is 2.20. The number of rotatable bonds is 9. The summed E-state index contributed by atoms with van der Waals surface area (Å²) in [4.78, 5) is 10.8. The highest BCUT2D eigenvalue weighted by atomic mass is 19.1. The molecular weight excluding hydrogens is 247 g/mol. The van der Waals surface area contributed by atoms with Gasteiger partial charge in [0.2, 0.25) is 0 Å². The van der Waals surface area contributed by atoms with Gasteiger partial charge in [0, 0.05) is 0 Å². The third-order valence-electron chi connectivity index (χ3n) is 2.91. The zero-order valence-corrected chi connectivity index (χ0v) is 11.3. The molecule has 1 rings (SSSR count). The monoisotopic (exact) mass is 268 g/mol. The summed E-state index contributed by atoms with van der Waals surface area (Å²) in [5.41, 5.74) is 0. The first-order valence-corrected chi connectivity index (χ1v) is 6.76. The van der Waals surface area contributed by atoms with Crippen LogP contribution in [-0.4, -0.2) is 17.2 Å². The van der Waals surface area contributed by atoms with Crippen molar-refractivity contribution in [1.82, 2.24) is 0 Å². The Bertz CT molecular complexity index is 393. The molecule has 0 aliphatic carbocycles. The molecule has 0 fully saturated rings. The summed E-state index contributed by atoms with van der Waals surface area (Å²) in [7, 11) is 0. The number of halogens is 1. The van der Waals surface area contributed by atoms with Gasteiger partial charge in [-0.3, -0.25) is 4.79 Å². The second-order valence-electron chi connectivity index (χ2n) is 4.62. The van der Waals surface area contributed by atoms with Gasteiger partial charge in [-0.1, -0.05) is 38.3 Å². The average molecular weight is 268 g/mol. The molecule has 0 saturated carbocycles. The first-order chi connectivity index (χ1) is 9.13. The average Bonchev–Trinajstić information content (AvgIpc) is 2.36. The standard InChI is InChI=1S/C15H21FO3/c1-2-3-4-5-8-12(11-15(17)18)19-14-10-7-6-9-13(14)16/h6-7,9-10,12H,2-5,8,11H2,1H3,(H,17,18). The summed E-state index contributed by atoms with van der Waals surface area (Å²) in [5, 5.41) is 8.86. The van der Waals surface area contributed by atoms with Gasteiger partial charge in [-0.15, -0.1) is 0 Å². The van der Waals surface area contributed by atoms with Crippen molar-refractivity contribution in [2.24, 2.45) is 0 Å². The third-order valence-corrected chi connectivity index (χ3v) is 2.91. The van der Waals surface area contributed by atoms with Crippen molar-refractivity contribution in [2.45, 2.75) is 51.6 Å². The van der Waals surface area contributed by atoms with Crippen LogP contribution in [0.5, 0.6) is 5.75 Å². The lowest BCUT2D eigenvalue weighted by Crippen LogP contribution is -2.21. The minimum absolute atomic E-state index is 0.0968. The Labute approximate surface area is 113 Å².